The van der Waals surface area contributed by atoms with Gasteiger partial charge in [-0.1, -0.05) is 66.7 Å². The summed E-state index contributed by atoms with van der Waals surface area (Å²) in [6.45, 7) is 0. The van der Waals surface area contributed by atoms with Crippen LogP contribution in [0, 0.1) is 0 Å². The smallest absolute Gasteiger partial charge is 0.305 e. The number of hydrogen-bond acceptors (Lipinski definition) is 6. The first-order valence-electron chi connectivity index (χ1n) is 11.8. The van der Waals surface area contributed by atoms with E-state index in [4.69, 9.17) is 23.7 Å². The van der Waals surface area contributed by atoms with E-state index in [0.717, 1.165) is 22.3 Å². The van der Waals surface area contributed by atoms with Gasteiger partial charge in [0.25, 0.3) is 0 Å². The van der Waals surface area contributed by atoms with E-state index in [1.54, 1.807) is 20.3 Å². The first kappa shape index (κ1) is 22.3. The summed E-state index contributed by atoms with van der Waals surface area (Å²) in [4.78, 5) is 0. The molecule has 2 heterocycles. The van der Waals surface area contributed by atoms with Gasteiger partial charge in [0, 0.05) is 35.2 Å². The van der Waals surface area contributed by atoms with Gasteiger partial charge in [0.15, 0.2) is 11.5 Å². The van der Waals surface area contributed by atoms with Gasteiger partial charge in [0.2, 0.25) is 0 Å². The molecule has 182 valence electrons. The van der Waals surface area contributed by atoms with Crippen molar-refractivity contribution in [2.45, 2.75) is 24.4 Å². The summed E-state index contributed by atoms with van der Waals surface area (Å²) in [6, 6.07) is 29.0. The largest absolute Gasteiger partial charge is 0.496 e. The molecule has 36 heavy (non-hydrogen) atoms. The van der Waals surface area contributed by atoms with Crippen molar-refractivity contribution < 1.29 is 28.8 Å². The Morgan fingerprint density at radius 3 is 2.06 bits per heavy atom. The average molecular weight is 483 g/mol. The molecule has 6 nitrogen and oxygen atoms in total. The van der Waals surface area contributed by atoms with Gasteiger partial charge in [0.05, 0.1) is 20.3 Å². The highest BCUT2D eigenvalue weighted by Gasteiger charge is 2.46. The van der Waals surface area contributed by atoms with Gasteiger partial charge in [-0.3, -0.25) is 0 Å². The van der Waals surface area contributed by atoms with E-state index >= 15 is 0 Å². The number of ether oxygens (including phenoxy) is 5. The molecule has 0 saturated heterocycles. The third-order valence-electron chi connectivity index (χ3n) is 6.73. The van der Waals surface area contributed by atoms with Crippen molar-refractivity contribution in [1.82, 2.24) is 0 Å². The van der Waals surface area contributed by atoms with Gasteiger partial charge in [0.1, 0.15) is 23.4 Å². The van der Waals surface area contributed by atoms with Crippen molar-refractivity contribution >= 4 is 0 Å². The summed E-state index contributed by atoms with van der Waals surface area (Å²) in [5.41, 5.74) is 3.37. The molecular weight excluding hydrogens is 456 g/mol. The van der Waals surface area contributed by atoms with Gasteiger partial charge >= 0.3 is 5.79 Å². The number of hydrogen-bond donors (Lipinski definition) is 1. The molecule has 0 bridgehead atoms. The minimum atomic E-state index is -1.11. The fraction of sp³-hybridized carbons (Fsp3) is 0.200. The first-order chi connectivity index (χ1) is 17.6. The summed E-state index contributed by atoms with van der Waals surface area (Å²) in [5, 5.41) is 11.0. The van der Waals surface area contributed by atoms with Crippen molar-refractivity contribution in [1.29, 1.82) is 0 Å². The highest BCUT2D eigenvalue weighted by atomic mass is 16.7. The number of methoxy groups -OCH3 is 2. The molecule has 0 unspecified atom stereocenters. The Hall–Kier alpha value is -4.16. The molecule has 0 saturated carbocycles. The SMILES string of the molecule is COc1cc(OC)c2c(c1)O[C@H](c1ccc3c(c1)OC(c1ccccc1)(c1ccccc1)O3)[C@@H](O)C2. The van der Waals surface area contributed by atoms with Crippen LogP contribution in [0.2, 0.25) is 0 Å². The Labute approximate surface area is 209 Å². The molecule has 0 aromatic heterocycles. The van der Waals surface area contributed by atoms with E-state index in [-0.39, 0.29) is 0 Å². The van der Waals surface area contributed by atoms with Gasteiger partial charge in [-0.15, -0.1) is 0 Å². The van der Waals surface area contributed by atoms with Crippen LogP contribution in [0.25, 0.3) is 0 Å². The third kappa shape index (κ3) is 3.62. The van der Waals surface area contributed by atoms with Gasteiger partial charge in [-0.25, -0.2) is 0 Å². The summed E-state index contributed by atoms with van der Waals surface area (Å²) in [6.07, 6.45) is -0.973. The van der Waals surface area contributed by atoms with Gasteiger partial charge < -0.3 is 28.8 Å². The van der Waals surface area contributed by atoms with E-state index in [9.17, 15) is 5.11 Å². The van der Waals surface area contributed by atoms with Crippen molar-refractivity contribution in [2.24, 2.45) is 0 Å². The standard InChI is InChI=1S/C30H26O6/c1-32-22-16-26(33-2)23-18-24(31)29(34-27(23)17-22)19-13-14-25-28(15-19)36-30(35-25,20-9-5-3-6-10-20)21-11-7-4-8-12-21/h3-17,24,29,31H,18H2,1-2H3/t24-,29+/m0/s1. The summed E-state index contributed by atoms with van der Waals surface area (Å²) in [5.74, 6) is 1.99. The Bertz CT molecular complexity index is 1350. The predicted octanol–water partition coefficient (Wildman–Crippen LogP) is 5.41. The maximum absolute atomic E-state index is 11.0. The number of rotatable bonds is 5. The van der Waals surface area contributed by atoms with Crippen LogP contribution in [0.4, 0.5) is 0 Å². The summed E-state index contributed by atoms with van der Waals surface area (Å²) >= 11 is 0. The predicted molar refractivity (Wildman–Crippen MR) is 134 cm³/mol. The van der Waals surface area contributed by atoms with Crippen molar-refractivity contribution in [3.63, 3.8) is 0 Å². The zero-order valence-electron chi connectivity index (χ0n) is 20.0. The molecular formula is C30H26O6. The second-order valence-electron chi connectivity index (χ2n) is 8.88. The molecule has 0 fully saturated rings. The highest BCUT2D eigenvalue weighted by molar-refractivity contribution is 5.54. The van der Waals surface area contributed by atoms with Crippen LogP contribution >= 0.6 is 0 Å². The van der Waals surface area contributed by atoms with Crippen LogP contribution in [-0.2, 0) is 12.2 Å². The second kappa shape index (κ2) is 8.81. The first-order valence-corrected chi connectivity index (χ1v) is 11.8. The van der Waals surface area contributed by atoms with Crippen molar-refractivity contribution in [2.75, 3.05) is 14.2 Å². The van der Waals surface area contributed by atoms with Crippen LogP contribution < -0.4 is 23.7 Å². The molecule has 0 aliphatic carbocycles. The summed E-state index contributed by atoms with van der Waals surface area (Å²) < 4.78 is 30.3. The monoisotopic (exact) mass is 482 g/mol. The fourth-order valence-electron chi connectivity index (χ4n) is 4.94. The lowest BCUT2D eigenvalue weighted by Gasteiger charge is -2.32. The molecule has 0 radical (unpaired) electrons. The number of aliphatic hydroxyl groups excluding tert-OH is 1. The zero-order chi connectivity index (χ0) is 24.7. The molecule has 6 rings (SSSR count). The zero-order valence-corrected chi connectivity index (χ0v) is 20.0. The van der Waals surface area contributed by atoms with Crippen LogP contribution in [0.15, 0.2) is 91.0 Å². The normalized spacial score (nSPS) is 19.2. The minimum Gasteiger partial charge on any atom is -0.496 e. The lowest BCUT2D eigenvalue weighted by Crippen LogP contribution is -2.36. The van der Waals surface area contributed by atoms with Crippen LogP contribution in [0.5, 0.6) is 28.7 Å². The average Bonchev–Trinajstić information content (AvgIpc) is 3.33. The third-order valence-corrected chi connectivity index (χ3v) is 6.73. The van der Waals surface area contributed by atoms with E-state index in [1.807, 2.05) is 84.9 Å². The highest BCUT2D eigenvalue weighted by Crippen LogP contribution is 2.49. The van der Waals surface area contributed by atoms with Crippen LogP contribution in [-0.4, -0.2) is 25.4 Å². The molecule has 2 atom stereocenters. The van der Waals surface area contributed by atoms with E-state index < -0.39 is 18.0 Å². The molecule has 6 heteroatoms. The number of aliphatic hydroxyl groups is 1. The Morgan fingerprint density at radius 1 is 0.750 bits per heavy atom. The molecule has 1 N–H and O–H groups in total. The Balaban J connectivity index is 1.37. The Morgan fingerprint density at radius 2 is 1.42 bits per heavy atom. The lowest BCUT2D eigenvalue weighted by atomic mass is 9.94. The number of fused-ring (bicyclic) bond motifs is 2. The molecule has 2 aliphatic heterocycles. The van der Waals surface area contributed by atoms with Crippen LogP contribution in [0.1, 0.15) is 28.4 Å². The minimum absolute atomic E-state index is 0.388. The van der Waals surface area contributed by atoms with E-state index in [2.05, 4.69) is 0 Å². The van der Waals surface area contributed by atoms with Gasteiger partial charge in [-0.05, 0) is 17.7 Å². The second-order valence-corrected chi connectivity index (χ2v) is 8.88. The molecule has 0 spiro atoms. The lowest BCUT2D eigenvalue weighted by molar-refractivity contribution is -0.0459. The van der Waals surface area contributed by atoms with E-state index in [1.165, 1.54) is 0 Å². The van der Waals surface area contributed by atoms with Crippen LogP contribution in [0.3, 0.4) is 0 Å². The maximum Gasteiger partial charge on any atom is 0.305 e. The number of benzene rings is 4. The molecule has 4 aromatic rings. The molecule has 0 amide bonds. The van der Waals surface area contributed by atoms with Crippen molar-refractivity contribution in [3.05, 3.63) is 113 Å². The van der Waals surface area contributed by atoms with Gasteiger partial charge in [-0.2, -0.15) is 0 Å². The fourth-order valence-corrected chi connectivity index (χ4v) is 4.94. The van der Waals surface area contributed by atoms with E-state index in [0.29, 0.717) is 35.2 Å². The molecule has 2 aliphatic rings. The topological polar surface area (TPSA) is 66.4 Å². The molecule has 4 aromatic carbocycles. The summed E-state index contributed by atoms with van der Waals surface area (Å²) in [7, 11) is 3.19. The maximum atomic E-state index is 11.0. The quantitative estimate of drug-likeness (QED) is 0.410. The Kier molecular flexibility index (Phi) is 5.46. The van der Waals surface area contributed by atoms with Crippen molar-refractivity contribution in [3.8, 4) is 28.7 Å².